The number of phenols is 1. The van der Waals surface area contributed by atoms with Crippen LogP contribution in [0.15, 0.2) is 41.7 Å². The van der Waals surface area contributed by atoms with Crippen LogP contribution in [0, 0.1) is 0 Å². The number of morpholine rings is 1. The lowest BCUT2D eigenvalue weighted by molar-refractivity contribution is -0.00805. The van der Waals surface area contributed by atoms with E-state index in [0.29, 0.717) is 13.2 Å². The van der Waals surface area contributed by atoms with Crippen molar-refractivity contribution >= 4 is 5.96 Å². The van der Waals surface area contributed by atoms with Gasteiger partial charge in [0.15, 0.2) is 5.96 Å². The maximum absolute atomic E-state index is 9.38. The van der Waals surface area contributed by atoms with E-state index in [9.17, 15) is 5.11 Å². The van der Waals surface area contributed by atoms with Crippen LogP contribution in [0.4, 0.5) is 0 Å². The molecule has 7 heteroatoms. The molecular weight excluding hydrogens is 318 g/mol. The number of aryl methyl sites for hydroxylation is 1. The quantitative estimate of drug-likeness (QED) is 0.652. The molecule has 3 rings (SSSR count). The molecule has 1 aliphatic rings. The van der Waals surface area contributed by atoms with Crippen LogP contribution in [0.3, 0.4) is 0 Å². The summed E-state index contributed by atoms with van der Waals surface area (Å²) in [5, 5.41) is 17.0. The lowest BCUT2D eigenvalue weighted by Gasteiger charge is -2.34. The van der Waals surface area contributed by atoms with Crippen molar-refractivity contribution in [2.75, 3.05) is 26.2 Å². The van der Waals surface area contributed by atoms with E-state index in [2.05, 4.69) is 22.2 Å². The number of nitrogens with one attached hydrogen (secondary N) is 1. The van der Waals surface area contributed by atoms with Gasteiger partial charge in [-0.15, -0.1) is 0 Å². The molecule has 1 aliphatic heterocycles. The largest absolute Gasteiger partial charge is 0.508 e. The minimum Gasteiger partial charge on any atom is -0.508 e. The third-order valence-corrected chi connectivity index (χ3v) is 4.15. The number of hydrogen-bond acceptors (Lipinski definition) is 4. The van der Waals surface area contributed by atoms with Crippen molar-refractivity contribution in [1.29, 1.82) is 0 Å². The standard InChI is InChI=1S/C18H25N5O2/c1-3-19-18(20-10-14-4-6-16(24)7-5-14)23-8-9-25-17(13-23)15-11-21-22(2)12-15/h4-7,11-12,17,24H,3,8-10,13H2,1-2H3,(H,19,20). The maximum Gasteiger partial charge on any atom is 0.194 e. The highest BCUT2D eigenvalue weighted by molar-refractivity contribution is 5.80. The summed E-state index contributed by atoms with van der Waals surface area (Å²) in [4.78, 5) is 6.97. The fourth-order valence-electron chi connectivity index (χ4n) is 2.84. The van der Waals surface area contributed by atoms with E-state index < -0.39 is 0 Å². The molecule has 134 valence electrons. The van der Waals surface area contributed by atoms with Crippen molar-refractivity contribution < 1.29 is 9.84 Å². The van der Waals surface area contributed by atoms with Gasteiger partial charge in [-0.05, 0) is 24.6 Å². The Labute approximate surface area is 147 Å². The average molecular weight is 343 g/mol. The summed E-state index contributed by atoms with van der Waals surface area (Å²) < 4.78 is 7.70. The predicted octanol–water partition coefficient (Wildman–Crippen LogP) is 1.66. The molecule has 1 unspecified atom stereocenters. The molecule has 1 saturated heterocycles. The van der Waals surface area contributed by atoms with E-state index in [0.717, 1.165) is 36.7 Å². The Bertz CT molecular complexity index is 711. The molecule has 7 nitrogen and oxygen atoms in total. The topological polar surface area (TPSA) is 74.9 Å². The number of aliphatic imine (C=N–C) groups is 1. The fraction of sp³-hybridized carbons (Fsp3) is 0.444. The second kappa shape index (κ2) is 8.02. The first-order valence-electron chi connectivity index (χ1n) is 8.57. The van der Waals surface area contributed by atoms with Gasteiger partial charge in [-0.25, -0.2) is 4.99 Å². The number of rotatable bonds is 4. The van der Waals surface area contributed by atoms with Crippen LogP contribution in [0.5, 0.6) is 5.75 Å². The summed E-state index contributed by atoms with van der Waals surface area (Å²) in [6, 6.07) is 7.15. The van der Waals surface area contributed by atoms with Gasteiger partial charge in [0.1, 0.15) is 11.9 Å². The van der Waals surface area contributed by atoms with Crippen LogP contribution in [0.25, 0.3) is 0 Å². The maximum atomic E-state index is 9.38. The highest BCUT2D eigenvalue weighted by Gasteiger charge is 2.25. The molecule has 1 aromatic heterocycles. The number of guanidine groups is 1. The first-order chi connectivity index (χ1) is 12.2. The van der Waals surface area contributed by atoms with Crippen molar-refractivity contribution in [3.05, 3.63) is 47.8 Å². The smallest absolute Gasteiger partial charge is 0.194 e. The predicted molar refractivity (Wildman–Crippen MR) is 96.4 cm³/mol. The second-order valence-corrected chi connectivity index (χ2v) is 6.09. The normalized spacial score (nSPS) is 18.4. The van der Waals surface area contributed by atoms with Crippen molar-refractivity contribution in [2.24, 2.45) is 12.0 Å². The first-order valence-corrected chi connectivity index (χ1v) is 8.57. The number of ether oxygens (including phenoxy) is 1. The van der Waals surface area contributed by atoms with Crippen LogP contribution in [0.1, 0.15) is 24.2 Å². The zero-order valence-electron chi connectivity index (χ0n) is 14.7. The van der Waals surface area contributed by atoms with Gasteiger partial charge in [0, 0.05) is 31.9 Å². The van der Waals surface area contributed by atoms with E-state index in [1.54, 1.807) is 16.8 Å². The van der Waals surface area contributed by atoms with Gasteiger partial charge in [-0.3, -0.25) is 4.68 Å². The Morgan fingerprint density at radius 1 is 1.40 bits per heavy atom. The molecule has 2 N–H and O–H groups in total. The Kier molecular flexibility index (Phi) is 5.55. The summed E-state index contributed by atoms with van der Waals surface area (Å²) in [7, 11) is 1.91. The number of aromatic hydroxyl groups is 1. The molecule has 0 amide bonds. The van der Waals surface area contributed by atoms with Crippen LogP contribution in [-0.2, 0) is 18.3 Å². The zero-order chi connectivity index (χ0) is 17.6. The second-order valence-electron chi connectivity index (χ2n) is 6.09. The van der Waals surface area contributed by atoms with Gasteiger partial charge < -0.3 is 20.1 Å². The van der Waals surface area contributed by atoms with Crippen LogP contribution in [0.2, 0.25) is 0 Å². The number of benzene rings is 1. The number of hydrogen-bond donors (Lipinski definition) is 2. The third-order valence-electron chi connectivity index (χ3n) is 4.15. The van der Waals surface area contributed by atoms with Crippen LogP contribution in [-0.4, -0.2) is 52.0 Å². The summed E-state index contributed by atoms with van der Waals surface area (Å²) in [6.07, 6.45) is 3.85. The number of phenolic OH excluding ortho intramolecular Hbond substituents is 1. The SMILES string of the molecule is CCNC(=NCc1ccc(O)cc1)N1CCOC(c2cnn(C)c2)C1. The van der Waals surface area contributed by atoms with Crippen LogP contribution >= 0.6 is 0 Å². The fourth-order valence-corrected chi connectivity index (χ4v) is 2.84. The Morgan fingerprint density at radius 3 is 2.88 bits per heavy atom. The Hall–Kier alpha value is -2.54. The van der Waals surface area contributed by atoms with Crippen molar-refractivity contribution in [3.63, 3.8) is 0 Å². The molecule has 0 aliphatic carbocycles. The van der Waals surface area contributed by atoms with Crippen molar-refractivity contribution in [3.8, 4) is 5.75 Å². The molecule has 0 radical (unpaired) electrons. The van der Waals surface area contributed by atoms with E-state index >= 15 is 0 Å². The molecule has 1 fully saturated rings. The summed E-state index contributed by atoms with van der Waals surface area (Å²) in [5.74, 6) is 1.15. The monoisotopic (exact) mass is 343 g/mol. The van der Waals surface area contributed by atoms with E-state index in [1.807, 2.05) is 31.6 Å². The van der Waals surface area contributed by atoms with Gasteiger partial charge in [0.05, 0.1) is 25.9 Å². The molecule has 0 bridgehead atoms. The molecule has 1 aromatic carbocycles. The average Bonchev–Trinajstić information content (AvgIpc) is 3.07. The molecular formula is C18H25N5O2. The van der Waals surface area contributed by atoms with E-state index in [1.165, 1.54) is 0 Å². The Balaban J connectivity index is 1.70. The minimum atomic E-state index is -0.0000199. The first kappa shape index (κ1) is 17.3. The molecule has 25 heavy (non-hydrogen) atoms. The van der Waals surface area contributed by atoms with Gasteiger partial charge in [0.25, 0.3) is 0 Å². The van der Waals surface area contributed by atoms with E-state index in [-0.39, 0.29) is 11.9 Å². The van der Waals surface area contributed by atoms with E-state index in [4.69, 9.17) is 9.73 Å². The van der Waals surface area contributed by atoms with Gasteiger partial charge >= 0.3 is 0 Å². The number of nitrogens with zero attached hydrogens (tertiary/aromatic N) is 4. The Morgan fingerprint density at radius 2 is 2.20 bits per heavy atom. The molecule has 2 heterocycles. The molecule has 2 aromatic rings. The summed E-state index contributed by atoms with van der Waals surface area (Å²) >= 11 is 0. The van der Waals surface area contributed by atoms with Crippen molar-refractivity contribution in [2.45, 2.75) is 19.6 Å². The lowest BCUT2D eigenvalue weighted by Crippen LogP contribution is -2.48. The molecule has 0 spiro atoms. The van der Waals surface area contributed by atoms with Gasteiger partial charge in [0.2, 0.25) is 0 Å². The van der Waals surface area contributed by atoms with Gasteiger partial charge in [-0.1, -0.05) is 12.1 Å². The summed E-state index contributed by atoms with van der Waals surface area (Å²) in [6.45, 7) is 5.64. The highest BCUT2D eigenvalue weighted by atomic mass is 16.5. The minimum absolute atomic E-state index is 0.0000199. The van der Waals surface area contributed by atoms with Crippen molar-refractivity contribution in [1.82, 2.24) is 20.0 Å². The summed E-state index contributed by atoms with van der Waals surface area (Å²) in [5.41, 5.74) is 2.15. The zero-order valence-corrected chi connectivity index (χ0v) is 14.7. The lowest BCUT2D eigenvalue weighted by atomic mass is 10.1. The number of aromatic nitrogens is 2. The van der Waals surface area contributed by atoms with Crippen LogP contribution < -0.4 is 5.32 Å². The highest BCUT2D eigenvalue weighted by Crippen LogP contribution is 2.21. The molecule has 1 atom stereocenters. The van der Waals surface area contributed by atoms with Gasteiger partial charge in [-0.2, -0.15) is 5.10 Å². The third kappa shape index (κ3) is 4.51. The molecule has 0 saturated carbocycles.